The Labute approximate surface area is 105 Å². The van der Waals surface area contributed by atoms with Gasteiger partial charge in [0.2, 0.25) is 0 Å². The van der Waals surface area contributed by atoms with Crippen molar-refractivity contribution in [2.45, 2.75) is 15.2 Å². The predicted molar refractivity (Wildman–Crippen MR) is 67.3 cm³/mol. The van der Waals surface area contributed by atoms with Crippen molar-refractivity contribution in [3.8, 4) is 0 Å². The van der Waals surface area contributed by atoms with Gasteiger partial charge >= 0.3 is 5.69 Å². The van der Waals surface area contributed by atoms with E-state index < -0.39 is 11.2 Å². The third-order valence-corrected chi connectivity index (χ3v) is 5.85. The van der Waals surface area contributed by atoms with E-state index in [0.29, 0.717) is 0 Å². The third kappa shape index (κ3) is 2.59. The van der Waals surface area contributed by atoms with Gasteiger partial charge in [-0.2, -0.15) is 0 Å². The summed E-state index contributed by atoms with van der Waals surface area (Å²) in [6.45, 7) is -0.0883. The number of nitrogens with one attached hydrogen (secondary N) is 1. The third-order valence-electron chi connectivity index (χ3n) is 2.44. The van der Waals surface area contributed by atoms with Gasteiger partial charge in [-0.1, -0.05) is 0 Å². The molecule has 1 aromatic rings. The van der Waals surface area contributed by atoms with E-state index in [0.717, 1.165) is 0 Å². The van der Waals surface area contributed by atoms with Crippen LogP contribution in [0.25, 0.3) is 0 Å². The van der Waals surface area contributed by atoms with Gasteiger partial charge in [0.05, 0.1) is 13.2 Å². The fourth-order valence-electron chi connectivity index (χ4n) is 1.55. The van der Waals surface area contributed by atoms with Crippen LogP contribution in [0.3, 0.4) is 0 Å². The van der Waals surface area contributed by atoms with Gasteiger partial charge in [0.25, 0.3) is 5.56 Å². The smallest absolute Gasteiger partial charge is 0.329 e. The van der Waals surface area contributed by atoms with Crippen LogP contribution in [0.15, 0.2) is 21.9 Å². The summed E-state index contributed by atoms with van der Waals surface area (Å²) in [6, 6.07) is 1.28. The molecule has 1 aliphatic heterocycles. The van der Waals surface area contributed by atoms with Gasteiger partial charge in [-0.3, -0.25) is 14.3 Å². The number of aliphatic hydroxyl groups is 2. The minimum Gasteiger partial charge on any atom is -0.395 e. The van der Waals surface area contributed by atoms with E-state index in [4.69, 9.17) is 10.2 Å². The molecule has 0 bridgehead atoms. The normalized spacial score (nSPS) is 25.3. The molecule has 0 radical (unpaired) electrons. The lowest BCUT2D eigenvalue weighted by Gasteiger charge is -2.11. The lowest BCUT2D eigenvalue weighted by Crippen LogP contribution is -2.29. The van der Waals surface area contributed by atoms with Crippen LogP contribution in [0.2, 0.25) is 0 Å². The number of hydrogen-bond acceptors (Lipinski definition) is 6. The number of H-pyrrole nitrogens is 1. The van der Waals surface area contributed by atoms with Gasteiger partial charge in [0.15, 0.2) is 0 Å². The van der Waals surface area contributed by atoms with Gasteiger partial charge in [-0.05, 0) is 0 Å². The lowest BCUT2D eigenvalue weighted by atomic mass is 10.3. The SMILES string of the molecule is O=c1ccn(C2S[C@H](CO)[C@@H](CO)S2)c(=O)[nH]1. The van der Waals surface area contributed by atoms with E-state index in [1.165, 1.54) is 40.4 Å². The van der Waals surface area contributed by atoms with Crippen molar-refractivity contribution < 1.29 is 10.2 Å². The number of aromatic amines is 1. The molecule has 1 aromatic heterocycles. The second kappa shape index (κ2) is 5.30. The maximum Gasteiger partial charge on any atom is 0.329 e. The summed E-state index contributed by atoms with van der Waals surface area (Å²) in [6.07, 6.45) is 1.43. The zero-order valence-electron chi connectivity index (χ0n) is 8.78. The predicted octanol–water partition coefficient (Wildman–Crippen LogP) is -0.805. The molecule has 17 heavy (non-hydrogen) atoms. The second-order valence-corrected chi connectivity index (χ2v) is 6.49. The summed E-state index contributed by atoms with van der Waals surface area (Å²) in [5, 5.41) is 18.1. The summed E-state index contributed by atoms with van der Waals surface area (Å²) < 4.78 is 1.17. The molecule has 6 nitrogen and oxygen atoms in total. The van der Waals surface area contributed by atoms with Gasteiger partial charge in [-0.25, -0.2) is 4.79 Å². The first-order valence-electron chi connectivity index (χ1n) is 5.00. The molecule has 2 heterocycles. The highest BCUT2D eigenvalue weighted by atomic mass is 32.2. The van der Waals surface area contributed by atoms with E-state index in [-0.39, 0.29) is 28.4 Å². The molecule has 2 rings (SSSR count). The summed E-state index contributed by atoms with van der Waals surface area (Å²) >= 11 is 2.82. The Bertz CT molecular complexity index is 488. The molecular formula is C9H12N2O4S2. The quantitative estimate of drug-likeness (QED) is 0.668. The first-order valence-corrected chi connectivity index (χ1v) is 6.88. The molecule has 2 atom stereocenters. The molecule has 94 valence electrons. The van der Waals surface area contributed by atoms with Gasteiger partial charge in [0, 0.05) is 22.8 Å². The summed E-state index contributed by atoms with van der Waals surface area (Å²) in [5.41, 5.74) is -0.908. The van der Waals surface area contributed by atoms with Crippen molar-refractivity contribution in [1.82, 2.24) is 9.55 Å². The van der Waals surface area contributed by atoms with E-state index in [1.54, 1.807) is 0 Å². The maximum atomic E-state index is 11.6. The van der Waals surface area contributed by atoms with Crippen LogP contribution in [-0.4, -0.2) is 43.5 Å². The monoisotopic (exact) mass is 276 g/mol. The van der Waals surface area contributed by atoms with E-state index in [9.17, 15) is 9.59 Å². The van der Waals surface area contributed by atoms with Crippen molar-refractivity contribution in [2.24, 2.45) is 0 Å². The molecule has 0 spiro atoms. The van der Waals surface area contributed by atoms with Crippen molar-refractivity contribution in [3.63, 3.8) is 0 Å². The molecule has 0 aromatic carbocycles. The van der Waals surface area contributed by atoms with Crippen LogP contribution in [0.1, 0.15) is 4.71 Å². The Kier molecular flexibility index (Phi) is 3.97. The van der Waals surface area contributed by atoms with Gasteiger partial charge < -0.3 is 10.2 Å². The van der Waals surface area contributed by atoms with Crippen molar-refractivity contribution in [2.75, 3.05) is 13.2 Å². The maximum absolute atomic E-state index is 11.6. The fraction of sp³-hybridized carbons (Fsp3) is 0.556. The first-order chi connectivity index (χ1) is 8.15. The van der Waals surface area contributed by atoms with Gasteiger partial charge in [-0.15, -0.1) is 23.5 Å². The Morgan fingerprint density at radius 2 is 1.82 bits per heavy atom. The van der Waals surface area contributed by atoms with Crippen molar-refractivity contribution in [1.29, 1.82) is 0 Å². The largest absolute Gasteiger partial charge is 0.395 e. The second-order valence-electron chi connectivity index (χ2n) is 3.54. The lowest BCUT2D eigenvalue weighted by molar-refractivity contribution is 0.254. The molecule has 0 unspecified atom stereocenters. The minimum absolute atomic E-state index is 0.0441. The van der Waals surface area contributed by atoms with Crippen LogP contribution in [0.5, 0.6) is 0 Å². The number of thioether (sulfide) groups is 2. The van der Waals surface area contributed by atoms with Crippen LogP contribution in [0.4, 0.5) is 0 Å². The highest BCUT2D eigenvalue weighted by Crippen LogP contribution is 2.49. The molecular weight excluding hydrogens is 264 g/mol. The average molecular weight is 276 g/mol. The highest BCUT2D eigenvalue weighted by molar-refractivity contribution is 8.19. The van der Waals surface area contributed by atoms with E-state index >= 15 is 0 Å². The van der Waals surface area contributed by atoms with Crippen molar-refractivity contribution >= 4 is 23.5 Å². The Morgan fingerprint density at radius 1 is 1.24 bits per heavy atom. The number of rotatable bonds is 3. The minimum atomic E-state index is -0.474. The molecule has 0 amide bonds. The van der Waals surface area contributed by atoms with Crippen LogP contribution >= 0.6 is 23.5 Å². The van der Waals surface area contributed by atoms with Crippen LogP contribution in [-0.2, 0) is 0 Å². The Morgan fingerprint density at radius 3 is 2.29 bits per heavy atom. The molecule has 1 saturated heterocycles. The zero-order valence-corrected chi connectivity index (χ0v) is 10.4. The molecule has 8 heteroatoms. The average Bonchev–Trinajstić information content (AvgIpc) is 2.72. The highest BCUT2D eigenvalue weighted by Gasteiger charge is 2.36. The van der Waals surface area contributed by atoms with E-state index in [2.05, 4.69) is 4.98 Å². The summed E-state index contributed by atoms with van der Waals surface area (Å²) in [7, 11) is 0. The van der Waals surface area contributed by atoms with Crippen LogP contribution in [0, 0.1) is 0 Å². The molecule has 0 saturated carbocycles. The number of nitrogens with zero attached hydrogens (tertiary/aromatic N) is 1. The summed E-state index contributed by atoms with van der Waals surface area (Å²) in [5.74, 6) is 0. The first kappa shape index (κ1) is 12.7. The molecule has 1 fully saturated rings. The topological polar surface area (TPSA) is 95.3 Å². The molecule has 1 aliphatic rings. The summed E-state index contributed by atoms with van der Waals surface area (Å²) in [4.78, 5) is 24.7. The van der Waals surface area contributed by atoms with Crippen LogP contribution < -0.4 is 11.2 Å². The Hall–Kier alpha value is -0.700. The number of aromatic nitrogens is 2. The van der Waals surface area contributed by atoms with Crippen molar-refractivity contribution in [3.05, 3.63) is 33.1 Å². The molecule has 0 aliphatic carbocycles. The number of hydrogen-bond donors (Lipinski definition) is 3. The fourth-order valence-corrected chi connectivity index (χ4v) is 4.94. The standard InChI is InChI=1S/C9H12N2O4S2/c12-3-5-6(4-13)17-9(16-5)11-2-1-7(14)10-8(11)15/h1-2,5-6,9,12-13H,3-4H2,(H,10,14,15)/t5-,6-/m1/s1. The molecule has 3 N–H and O–H groups in total. The number of aliphatic hydroxyl groups excluding tert-OH is 2. The van der Waals surface area contributed by atoms with Gasteiger partial charge in [0.1, 0.15) is 4.71 Å². The Balaban J connectivity index is 2.25. The van der Waals surface area contributed by atoms with E-state index in [1.807, 2.05) is 0 Å². The zero-order chi connectivity index (χ0) is 12.4.